The van der Waals surface area contributed by atoms with Crippen molar-refractivity contribution < 1.29 is 18.7 Å². The second-order valence-electron chi connectivity index (χ2n) is 12.1. The number of imidazole rings is 1. The molecule has 230 valence electrons. The van der Waals surface area contributed by atoms with E-state index in [1.165, 1.54) is 16.7 Å². The lowest BCUT2D eigenvalue weighted by molar-refractivity contribution is 0.0165. The summed E-state index contributed by atoms with van der Waals surface area (Å²) in [6.07, 6.45) is 6.09. The molecule has 45 heavy (non-hydrogen) atoms. The van der Waals surface area contributed by atoms with E-state index < -0.39 is 11.4 Å². The molecule has 1 amide bonds. The van der Waals surface area contributed by atoms with Crippen LogP contribution in [0, 0.1) is 23.1 Å². The van der Waals surface area contributed by atoms with Gasteiger partial charge in [-0.15, -0.1) is 0 Å². The first-order valence-electron chi connectivity index (χ1n) is 14.7. The van der Waals surface area contributed by atoms with Gasteiger partial charge < -0.3 is 14.4 Å². The van der Waals surface area contributed by atoms with Crippen molar-refractivity contribution in [1.29, 1.82) is 5.26 Å². The average molecular weight is 610 g/mol. The first-order valence-corrected chi connectivity index (χ1v) is 14.7. The molecule has 0 saturated carbocycles. The number of carbonyl (C=O) groups excluding carboxylic acids is 1. The fourth-order valence-corrected chi connectivity index (χ4v) is 5.33. The third kappa shape index (κ3) is 6.47. The maximum absolute atomic E-state index is 15.0. The highest BCUT2D eigenvalue weighted by Gasteiger charge is 2.27. The largest absolute Gasteiger partial charge is 0.490 e. The molecule has 6 rings (SSSR count). The normalized spacial score (nSPS) is 14.1. The highest BCUT2D eigenvalue weighted by molar-refractivity contribution is 5.81. The standard InChI is InChI=1S/C33H32FN7O4/c1-33(2,3)45-32(43)39-11-8-21(9-12-39)20-44-25-17-36-30(37-18-25)23-5-6-26(34)24(15-23)19-41-29(42)10-13-40-28-14-22(16-35)4-7-27(28)38-31(40)41/h4-7,10,13-15,17-18,21H,8-9,11-12,19-20H2,1-3H3. The molecule has 1 fully saturated rings. The summed E-state index contributed by atoms with van der Waals surface area (Å²) >= 11 is 0. The van der Waals surface area contributed by atoms with Gasteiger partial charge in [-0.05, 0) is 75.9 Å². The summed E-state index contributed by atoms with van der Waals surface area (Å²) in [5.41, 5.74) is 1.76. The Hall–Kier alpha value is -5.31. The van der Waals surface area contributed by atoms with Gasteiger partial charge in [0.05, 0.1) is 48.2 Å². The minimum Gasteiger partial charge on any atom is -0.490 e. The Balaban J connectivity index is 1.13. The van der Waals surface area contributed by atoms with Gasteiger partial charge >= 0.3 is 6.09 Å². The van der Waals surface area contributed by atoms with Gasteiger partial charge in [0, 0.05) is 36.5 Å². The molecule has 5 aromatic rings. The van der Waals surface area contributed by atoms with Gasteiger partial charge in [-0.25, -0.2) is 24.1 Å². The quantitative estimate of drug-likeness (QED) is 0.257. The number of aromatic nitrogens is 5. The molecule has 0 unspecified atom stereocenters. The van der Waals surface area contributed by atoms with Gasteiger partial charge in [0.2, 0.25) is 5.78 Å². The monoisotopic (exact) mass is 609 g/mol. The summed E-state index contributed by atoms with van der Waals surface area (Å²) < 4.78 is 29.5. The number of likely N-dealkylation sites (tertiary alicyclic amines) is 1. The number of rotatable bonds is 6. The minimum absolute atomic E-state index is 0.0643. The van der Waals surface area contributed by atoms with Crippen molar-refractivity contribution in [3.05, 3.63) is 88.4 Å². The molecule has 0 N–H and O–H groups in total. The molecule has 1 aliphatic heterocycles. The van der Waals surface area contributed by atoms with Crippen molar-refractivity contribution in [2.24, 2.45) is 5.92 Å². The van der Waals surface area contributed by atoms with Crippen molar-refractivity contribution in [2.45, 2.75) is 45.8 Å². The number of hydrogen-bond donors (Lipinski definition) is 0. The zero-order valence-electron chi connectivity index (χ0n) is 25.2. The van der Waals surface area contributed by atoms with Crippen molar-refractivity contribution in [3.63, 3.8) is 0 Å². The Kier molecular flexibility index (Phi) is 7.93. The van der Waals surface area contributed by atoms with Crippen LogP contribution in [0.2, 0.25) is 0 Å². The second-order valence-corrected chi connectivity index (χ2v) is 12.1. The molecule has 3 aromatic heterocycles. The highest BCUT2D eigenvalue weighted by Crippen LogP contribution is 2.24. The Morgan fingerprint density at radius 1 is 1.09 bits per heavy atom. The van der Waals surface area contributed by atoms with Gasteiger partial charge in [-0.2, -0.15) is 5.26 Å². The predicted octanol–water partition coefficient (Wildman–Crippen LogP) is 5.19. The summed E-state index contributed by atoms with van der Waals surface area (Å²) in [7, 11) is 0. The van der Waals surface area contributed by atoms with Crippen molar-refractivity contribution >= 4 is 22.9 Å². The third-order valence-corrected chi connectivity index (χ3v) is 7.69. The van der Waals surface area contributed by atoms with Crippen LogP contribution in [0.4, 0.5) is 9.18 Å². The summed E-state index contributed by atoms with van der Waals surface area (Å²) in [4.78, 5) is 40.4. The van der Waals surface area contributed by atoms with Gasteiger partial charge in [0.15, 0.2) is 11.6 Å². The van der Waals surface area contributed by atoms with E-state index in [1.54, 1.807) is 58.2 Å². The zero-order chi connectivity index (χ0) is 31.7. The Morgan fingerprint density at radius 3 is 2.56 bits per heavy atom. The van der Waals surface area contributed by atoms with Crippen LogP contribution in [0.25, 0.3) is 28.2 Å². The number of carbonyl (C=O) groups is 1. The molecule has 12 heteroatoms. The molecule has 0 atom stereocenters. The number of amides is 1. The van der Waals surface area contributed by atoms with Crippen LogP contribution in [0.5, 0.6) is 5.75 Å². The lowest BCUT2D eigenvalue weighted by atomic mass is 9.98. The zero-order valence-corrected chi connectivity index (χ0v) is 25.2. The number of hydrogen-bond acceptors (Lipinski definition) is 8. The highest BCUT2D eigenvalue weighted by atomic mass is 19.1. The molecule has 2 aromatic carbocycles. The van der Waals surface area contributed by atoms with E-state index in [0.29, 0.717) is 59.2 Å². The molecule has 0 radical (unpaired) electrons. The number of benzene rings is 2. The summed E-state index contributed by atoms with van der Waals surface area (Å²) in [6.45, 7) is 7.21. The summed E-state index contributed by atoms with van der Waals surface area (Å²) in [5, 5.41) is 9.29. The van der Waals surface area contributed by atoms with Crippen LogP contribution in [0.15, 0.2) is 65.8 Å². The van der Waals surface area contributed by atoms with E-state index in [4.69, 9.17) is 9.47 Å². The summed E-state index contributed by atoms with van der Waals surface area (Å²) in [6, 6.07) is 13.1. The maximum atomic E-state index is 15.0. The van der Waals surface area contributed by atoms with Crippen molar-refractivity contribution in [1.82, 2.24) is 28.8 Å². The van der Waals surface area contributed by atoms with E-state index in [-0.39, 0.29) is 29.7 Å². The molecule has 4 heterocycles. The van der Waals surface area contributed by atoms with Crippen LogP contribution in [0.1, 0.15) is 44.7 Å². The fraction of sp³-hybridized carbons (Fsp3) is 0.333. The van der Waals surface area contributed by atoms with Crippen LogP contribution >= 0.6 is 0 Å². The SMILES string of the molecule is CC(C)(C)OC(=O)N1CCC(COc2cnc(-c3ccc(F)c(Cn4c(=O)ccn5c6cc(C#N)ccc6nc45)c3)nc2)CC1. The topological polar surface area (TPSA) is 128 Å². The molecule has 1 aliphatic rings. The van der Waals surface area contributed by atoms with Crippen LogP contribution in [-0.2, 0) is 11.3 Å². The van der Waals surface area contributed by atoms with Gasteiger partial charge in [0.1, 0.15) is 11.4 Å². The lowest BCUT2D eigenvalue weighted by Crippen LogP contribution is -2.42. The lowest BCUT2D eigenvalue weighted by Gasteiger charge is -2.33. The molecule has 11 nitrogen and oxygen atoms in total. The maximum Gasteiger partial charge on any atom is 0.410 e. The number of nitrogens with zero attached hydrogens (tertiary/aromatic N) is 7. The summed E-state index contributed by atoms with van der Waals surface area (Å²) in [5.74, 6) is 1.05. The fourth-order valence-electron chi connectivity index (χ4n) is 5.33. The number of ether oxygens (including phenoxy) is 2. The van der Waals surface area contributed by atoms with Crippen LogP contribution in [0.3, 0.4) is 0 Å². The second kappa shape index (κ2) is 12.0. The first-order chi connectivity index (χ1) is 21.6. The molecule has 1 saturated heterocycles. The molecular formula is C33H32FN7O4. The molecule has 0 spiro atoms. The van der Waals surface area contributed by atoms with Gasteiger partial charge in [-0.3, -0.25) is 13.8 Å². The molecular weight excluding hydrogens is 577 g/mol. The smallest absolute Gasteiger partial charge is 0.410 e. The van der Waals surface area contributed by atoms with E-state index in [0.717, 1.165) is 12.8 Å². The number of fused-ring (bicyclic) bond motifs is 3. The average Bonchev–Trinajstić information content (AvgIpc) is 3.40. The Labute approximate surface area is 258 Å². The number of halogens is 1. The van der Waals surface area contributed by atoms with Gasteiger partial charge in [0.25, 0.3) is 5.56 Å². The Morgan fingerprint density at radius 2 is 1.84 bits per heavy atom. The Bertz CT molecular complexity index is 1980. The van der Waals surface area contributed by atoms with Crippen LogP contribution in [-0.4, -0.2) is 60.2 Å². The van der Waals surface area contributed by atoms with E-state index in [2.05, 4.69) is 21.0 Å². The van der Waals surface area contributed by atoms with Crippen LogP contribution < -0.4 is 10.3 Å². The van der Waals surface area contributed by atoms with E-state index in [1.807, 2.05) is 20.8 Å². The molecule has 0 aliphatic carbocycles. The van der Waals surface area contributed by atoms with E-state index >= 15 is 4.39 Å². The predicted molar refractivity (Wildman–Crippen MR) is 164 cm³/mol. The van der Waals surface area contributed by atoms with Crippen molar-refractivity contribution in [3.8, 4) is 23.2 Å². The van der Waals surface area contributed by atoms with E-state index in [9.17, 15) is 14.9 Å². The number of nitriles is 1. The third-order valence-electron chi connectivity index (χ3n) is 7.69. The first kappa shape index (κ1) is 29.7. The minimum atomic E-state index is -0.520. The van der Waals surface area contributed by atoms with Gasteiger partial charge in [-0.1, -0.05) is 0 Å². The van der Waals surface area contributed by atoms with Crippen molar-refractivity contribution in [2.75, 3.05) is 19.7 Å². The molecule has 0 bridgehead atoms. The number of piperidine rings is 1.